The number of para-hydroxylation sites is 1. The Morgan fingerprint density at radius 1 is 1.17 bits per heavy atom. The first-order chi connectivity index (χ1) is 11.1. The van der Waals surface area contributed by atoms with Crippen molar-refractivity contribution in [3.05, 3.63) is 70.3 Å². The third kappa shape index (κ3) is 5.19. The fraction of sp³-hybridized carbons (Fsp3) is 0.133. The lowest BCUT2D eigenvalue weighted by molar-refractivity contribution is -0.387. The van der Waals surface area contributed by atoms with Crippen LogP contribution in [0.15, 0.2) is 59.5 Å². The molecule has 0 fully saturated rings. The number of nitro benzene ring substituents is 1. The second kappa shape index (κ2) is 8.44. The second-order valence-electron chi connectivity index (χ2n) is 4.51. The van der Waals surface area contributed by atoms with Gasteiger partial charge in [0.15, 0.2) is 0 Å². The van der Waals surface area contributed by atoms with Gasteiger partial charge in [0.25, 0.3) is 5.69 Å². The van der Waals surface area contributed by atoms with Crippen molar-refractivity contribution in [2.45, 2.75) is 10.9 Å². The van der Waals surface area contributed by atoms with Crippen molar-refractivity contribution in [3.8, 4) is 0 Å². The Balaban J connectivity index is 2.02. The molecule has 2 aromatic rings. The zero-order valence-corrected chi connectivity index (χ0v) is 13.5. The van der Waals surface area contributed by atoms with Crippen molar-refractivity contribution >= 4 is 33.4 Å². The van der Waals surface area contributed by atoms with E-state index in [0.29, 0.717) is 10.6 Å². The number of nitrogens with one attached hydrogen (secondary N) is 1. The molecule has 2 rings (SSSR count). The summed E-state index contributed by atoms with van der Waals surface area (Å²) in [6.07, 6.45) is -1.10. The lowest BCUT2D eigenvalue weighted by Gasteiger charge is -2.16. The molecule has 1 atom stereocenters. The number of hydrogen-bond acceptors (Lipinski definition) is 5. The molecule has 0 spiro atoms. The Labute approximate surface area is 140 Å². The lowest BCUT2D eigenvalue weighted by Crippen LogP contribution is -2.28. The van der Waals surface area contributed by atoms with E-state index >= 15 is 0 Å². The molecule has 8 heteroatoms. The van der Waals surface area contributed by atoms with E-state index in [2.05, 4.69) is 5.32 Å². The average molecular weight is 350 g/mol. The summed E-state index contributed by atoms with van der Waals surface area (Å²) in [5.74, 6) is 0.451. The molecule has 120 valence electrons. The number of amides is 1. The number of nitro groups is 1. The number of nitrogens with zero attached hydrogens (tertiary/aromatic N) is 1. The first-order valence-corrected chi connectivity index (χ1v) is 8.97. The van der Waals surface area contributed by atoms with Crippen LogP contribution in [0.3, 0.4) is 0 Å². The summed E-state index contributed by atoms with van der Waals surface area (Å²) in [7, 11) is 2.64. The monoisotopic (exact) mass is 350 g/mol. The van der Waals surface area contributed by atoms with Crippen molar-refractivity contribution in [3.63, 3.8) is 0 Å². The van der Waals surface area contributed by atoms with E-state index in [-0.39, 0.29) is 11.7 Å². The van der Waals surface area contributed by atoms with Crippen LogP contribution in [-0.4, -0.2) is 21.9 Å². The normalized spacial score (nSPS) is 11.7. The largest absolute Gasteiger partial charge is 0.465 e. The van der Waals surface area contributed by atoms with Crippen molar-refractivity contribution in [1.29, 1.82) is 0 Å². The van der Waals surface area contributed by atoms with Gasteiger partial charge in [-0.3, -0.25) is 10.1 Å². The average Bonchev–Trinajstić information content (AvgIpc) is 2.54. The summed E-state index contributed by atoms with van der Waals surface area (Å²) < 4.78 is 0. The molecular weight excluding hydrogens is 336 g/mol. The van der Waals surface area contributed by atoms with Crippen LogP contribution < -0.4 is 5.32 Å². The van der Waals surface area contributed by atoms with E-state index in [4.69, 9.17) is 5.11 Å². The van der Waals surface area contributed by atoms with Crippen LogP contribution in [0.25, 0.3) is 0 Å². The highest BCUT2D eigenvalue weighted by Crippen LogP contribution is 2.38. The SMILES string of the molecule is O=C(O)NC(CSSc1ccccc1[N+](=O)[O-])c1ccccc1. The fourth-order valence-corrected chi connectivity index (χ4v) is 4.28. The van der Waals surface area contributed by atoms with Gasteiger partial charge in [-0.1, -0.05) is 64.1 Å². The molecule has 0 radical (unpaired) electrons. The van der Waals surface area contributed by atoms with Crippen LogP contribution in [0.5, 0.6) is 0 Å². The molecule has 2 aromatic carbocycles. The van der Waals surface area contributed by atoms with Gasteiger partial charge in [-0.05, 0) is 11.6 Å². The summed E-state index contributed by atoms with van der Waals surface area (Å²) >= 11 is 0. The molecule has 0 aliphatic heterocycles. The van der Waals surface area contributed by atoms with Gasteiger partial charge in [0, 0.05) is 11.8 Å². The quantitative estimate of drug-likeness (QED) is 0.438. The third-order valence-corrected chi connectivity index (χ3v) is 5.36. The summed E-state index contributed by atoms with van der Waals surface area (Å²) in [4.78, 5) is 22.0. The first kappa shape index (κ1) is 17.2. The minimum absolute atomic E-state index is 0.0486. The van der Waals surface area contributed by atoms with Gasteiger partial charge in [0.1, 0.15) is 0 Å². The van der Waals surface area contributed by atoms with E-state index in [1.54, 1.807) is 18.2 Å². The molecule has 0 bridgehead atoms. The van der Waals surface area contributed by atoms with E-state index < -0.39 is 11.0 Å². The van der Waals surface area contributed by atoms with E-state index in [9.17, 15) is 14.9 Å². The summed E-state index contributed by atoms with van der Waals surface area (Å²) in [6.45, 7) is 0. The zero-order chi connectivity index (χ0) is 16.7. The number of carbonyl (C=O) groups is 1. The lowest BCUT2D eigenvalue weighted by atomic mass is 10.1. The van der Waals surface area contributed by atoms with Gasteiger partial charge in [-0.15, -0.1) is 0 Å². The Morgan fingerprint density at radius 3 is 2.48 bits per heavy atom. The maximum Gasteiger partial charge on any atom is 0.405 e. The van der Waals surface area contributed by atoms with E-state index in [1.807, 2.05) is 30.3 Å². The van der Waals surface area contributed by atoms with Gasteiger partial charge in [0.05, 0.1) is 15.9 Å². The third-order valence-electron chi connectivity index (χ3n) is 2.95. The maximum atomic E-state index is 11.0. The highest BCUT2D eigenvalue weighted by molar-refractivity contribution is 8.76. The summed E-state index contributed by atoms with van der Waals surface area (Å²) in [5, 5.41) is 22.4. The van der Waals surface area contributed by atoms with Crippen molar-refractivity contribution < 1.29 is 14.8 Å². The van der Waals surface area contributed by atoms with Crippen molar-refractivity contribution in [1.82, 2.24) is 5.32 Å². The molecule has 0 aliphatic rings. The van der Waals surface area contributed by atoms with Gasteiger partial charge in [-0.25, -0.2) is 4.79 Å². The van der Waals surface area contributed by atoms with Gasteiger partial charge >= 0.3 is 6.09 Å². The summed E-state index contributed by atoms with van der Waals surface area (Å²) in [5.41, 5.74) is 0.901. The zero-order valence-electron chi connectivity index (χ0n) is 11.9. The number of carboxylic acid groups (broad SMARTS) is 1. The molecule has 2 N–H and O–H groups in total. The van der Waals surface area contributed by atoms with Crippen LogP contribution in [0, 0.1) is 10.1 Å². The van der Waals surface area contributed by atoms with Crippen LogP contribution in [0.1, 0.15) is 11.6 Å². The number of benzene rings is 2. The molecule has 0 saturated carbocycles. The van der Waals surface area contributed by atoms with Crippen molar-refractivity contribution in [2.75, 3.05) is 5.75 Å². The van der Waals surface area contributed by atoms with Gasteiger partial charge < -0.3 is 10.4 Å². The maximum absolute atomic E-state index is 11.0. The van der Waals surface area contributed by atoms with Crippen LogP contribution in [-0.2, 0) is 0 Å². The van der Waals surface area contributed by atoms with E-state index in [0.717, 1.165) is 5.56 Å². The Morgan fingerprint density at radius 2 is 1.83 bits per heavy atom. The molecule has 6 nitrogen and oxygen atoms in total. The molecule has 0 aliphatic carbocycles. The molecule has 1 unspecified atom stereocenters. The highest BCUT2D eigenvalue weighted by Gasteiger charge is 2.17. The van der Waals surface area contributed by atoms with Gasteiger partial charge in [0.2, 0.25) is 0 Å². The first-order valence-electron chi connectivity index (χ1n) is 6.65. The number of hydrogen-bond donors (Lipinski definition) is 2. The molecule has 23 heavy (non-hydrogen) atoms. The van der Waals surface area contributed by atoms with E-state index in [1.165, 1.54) is 27.7 Å². The molecule has 0 aromatic heterocycles. The molecular formula is C15H14N2O4S2. The van der Waals surface area contributed by atoms with Crippen LogP contribution in [0.4, 0.5) is 10.5 Å². The van der Waals surface area contributed by atoms with Gasteiger partial charge in [-0.2, -0.15) is 0 Å². The minimum Gasteiger partial charge on any atom is -0.465 e. The standard InChI is InChI=1S/C15H14N2O4S2/c18-15(19)16-12(11-6-2-1-3-7-11)10-22-23-14-9-5-4-8-13(14)17(20)21/h1-9,12,16H,10H2,(H,18,19). The van der Waals surface area contributed by atoms with Crippen LogP contribution >= 0.6 is 21.6 Å². The minimum atomic E-state index is -1.10. The number of rotatable bonds is 7. The molecule has 0 saturated heterocycles. The second-order valence-corrected chi connectivity index (χ2v) is 6.89. The topological polar surface area (TPSA) is 92.5 Å². The fourth-order valence-electron chi connectivity index (χ4n) is 1.90. The highest BCUT2D eigenvalue weighted by atomic mass is 33.1. The Hall–Kier alpha value is -2.19. The molecule has 1 amide bonds. The Kier molecular flexibility index (Phi) is 6.30. The predicted octanol–water partition coefficient (Wildman–Crippen LogP) is 4.34. The Bertz CT molecular complexity index is 682. The van der Waals surface area contributed by atoms with Crippen LogP contribution in [0.2, 0.25) is 0 Å². The van der Waals surface area contributed by atoms with Crippen molar-refractivity contribution in [2.24, 2.45) is 0 Å². The smallest absolute Gasteiger partial charge is 0.405 e. The summed E-state index contributed by atoms with van der Waals surface area (Å²) in [6, 6.07) is 15.3. The molecule has 0 heterocycles. The predicted molar refractivity (Wildman–Crippen MR) is 91.8 cm³/mol.